The summed E-state index contributed by atoms with van der Waals surface area (Å²) >= 11 is 0. The third-order valence-electron chi connectivity index (χ3n) is 4.38. The van der Waals surface area contributed by atoms with Gasteiger partial charge in [-0.3, -0.25) is 4.98 Å². The lowest BCUT2D eigenvalue weighted by Gasteiger charge is -2.15. The summed E-state index contributed by atoms with van der Waals surface area (Å²) in [4.78, 5) is 4.32. The molecule has 0 amide bonds. The number of aromatic nitrogens is 2. The van der Waals surface area contributed by atoms with E-state index in [-0.39, 0.29) is 18.4 Å². The smallest absolute Gasteiger partial charge is 0.167 e. The van der Waals surface area contributed by atoms with Gasteiger partial charge in [0.2, 0.25) is 0 Å². The summed E-state index contributed by atoms with van der Waals surface area (Å²) in [5.74, 6) is 0. The highest BCUT2D eigenvalue weighted by Gasteiger charge is 2.17. The minimum absolute atomic E-state index is 0. The summed E-state index contributed by atoms with van der Waals surface area (Å²) < 4.78 is 5.45. The van der Waals surface area contributed by atoms with Gasteiger partial charge >= 0.3 is 0 Å². The molecule has 4 aromatic rings. The number of nitriles is 1. The van der Waals surface area contributed by atoms with Gasteiger partial charge in [-0.05, 0) is 29.8 Å². The van der Waals surface area contributed by atoms with E-state index in [0.717, 1.165) is 33.5 Å². The van der Waals surface area contributed by atoms with Crippen LogP contribution in [-0.4, -0.2) is 10.1 Å². The number of hydrogen-bond acceptors (Lipinski definition) is 5. The first-order valence-electron chi connectivity index (χ1n) is 8.30. The largest absolute Gasteiger partial charge is 0.356 e. The average Bonchev–Trinajstić information content (AvgIpc) is 3.12. The maximum Gasteiger partial charge on any atom is 0.167 e. The van der Waals surface area contributed by atoms with Crippen molar-refractivity contribution >= 4 is 23.4 Å². The first-order chi connectivity index (χ1) is 12.8. The van der Waals surface area contributed by atoms with Gasteiger partial charge in [-0.2, -0.15) is 5.26 Å². The molecule has 2 N–H and O–H groups in total. The van der Waals surface area contributed by atoms with E-state index in [1.54, 1.807) is 12.3 Å². The molecule has 0 saturated carbocycles. The van der Waals surface area contributed by atoms with Crippen LogP contribution in [0.25, 0.3) is 22.2 Å². The molecule has 1 unspecified atom stereocenters. The van der Waals surface area contributed by atoms with Crippen LogP contribution >= 0.6 is 12.4 Å². The Labute approximate surface area is 162 Å². The highest BCUT2D eigenvalue weighted by Crippen LogP contribution is 2.33. The van der Waals surface area contributed by atoms with Gasteiger partial charge in [0.15, 0.2) is 5.58 Å². The van der Waals surface area contributed by atoms with Crippen LogP contribution in [-0.2, 0) is 6.42 Å². The molecule has 0 radical (unpaired) electrons. The quantitative estimate of drug-likeness (QED) is 0.569. The zero-order valence-corrected chi connectivity index (χ0v) is 15.2. The number of fused-ring (bicyclic) bond motifs is 1. The summed E-state index contributed by atoms with van der Waals surface area (Å²) in [5, 5.41) is 14.1. The fourth-order valence-electron chi connectivity index (χ4n) is 3.06. The molecule has 6 heteroatoms. The number of hydrogen-bond donors (Lipinski definition) is 1. The molecule has 5 nitrogen and oxygen atoms in total. The first-order valence-corrected chi connectivity index (χ1v) is 8.30. The van der Waals surface area contributed by atoms with Crippen LogP contribution in [0.3, 0.4) is 0 Å². The van der Waals surface area contributed by atoms with Gasteiger partial charge in [0.1, 0.15) is 11.8 Å². The Kier molecular flexibility index (Phi) is 5.51. The van der Waals surface area contributed by atoms with E-state index in [4.69, 9.17) is 15.5 Å². The number of pyridine rings is 1. The van der Waals surface area contributed by atoms with Crippen LogP contribution in [0.5, 0.6) is 0 Å². The molecule has 0 spiro atoms. The lowest BCUT2D eigenvalue weighted by atomic mass is 9.94. The summed E-state index contributed by atoms with van der Waals surface area (Å²) in [6.07, 6.45) is 2.14. The Morgan fingerprint density at radius 3 is 2.59 bits per heavy atom. The predicted octanol–water partition coefficient (Wildman–Crippen LogP) is 4.43. The van der Waals surface area contributed by atoms with Crippen molar-refractivity contribution < 1.29 is 4.52 Å². The maximum atomic E-state index is 8.89. The second kappa shape index (κ2) is 8.00. The minimum Gasteiger partial charge on any atom is -0.356 e. The Bertz CT molecular complexity index is 1100. The van der Waals surface area contributed by atoms with Crippen LogP contribution in [0.1, 0.15) is 22.9 Å². The SMILES string of the molecule is Cl.N#Cc1ccc(CC(N)c2ccccc2-c2noc3ccccc23)nc1. The molecule has 2 aromatic heterocycles. The van der Waals surface area contributed by atoms with E-state index >= 15 is 0 Å². The molecule has 1 atom stereocenters. The van der Waals surface area contributed by atoms with Gasteiger partial charge in [0, 0.05) is 35.3 Å². The summed E-state index contributed by atoms with van der Waals surface area (Å²) in [6.45, 7) is 0. The van der Waals surface area contributed by atoms with Crippen molar-refractivity contribution in [3.63, 3.8) is 0 Å². The number of rotatable bonds is 4. The average molecular weight is 377 g/mol. The van der Waals surface area contributed by atoms with E-state index in [2.05, 4.69) is 16.2 Å². The zero-order chi connectivity index (χ0) is 17.9. The van der Waals surface area contributed by atoms with Crippen molar-refractivity contribution in [2.75, 3.05) is 0 Å². The molecular weight excluding hydrogens is 360 g/mol. The number of halogens is 1. The monoisotopic (exact) mass is 376 g/mol. The van der Waals surface area contributed by atoms with Crippen LogP contribution in [0, 0.1) is 11.3 Å². The zero-order valence-electron chi connectivity index (χ0n) is 14.4. The Hall–Kier alpha value is -3.20. The molecule has 0 aliphatic carbocycles. The predicted molar refractivity (Wildman–Crippen MR) is 106 cm³/mol. The second-order valence-electron chi connectivity index (χ2n) is 6.08. The van der Waals surface area contributed by atoms with Crippen LogP contribution < -0.4 is 5.73 Å². The van der Waals surface area contributed by atoms with E-state index in [9.17, 15) is 0 Å². The van der Waals surface area contributed by atoms with Gasteiger partial charge in [0.05, 0.1) is 5.56 Å². The van der Waals surface area contributed by atoms with Crippen LogP contribution in [0.15, 0.2) is 71.4 Å². The molecule has 0 aliphatic heterocycles. The third-order valence-corrected chi connectivity index (χ3v) is 4.38. The first kappa shape index (κ1) is 18.6. The standard InChI is InChI=1S/C21H16N4O.ClH/c22-12-14-9-10-15(24-13-14)11-19(23)16-5-1-2-6-17(16)21-18-7-3-4-8-20(18)26-25-21;/h1-10,13,19H,11,23H2;1H. The molecule has 0 saturated heterocycles. The van der Waals surface area contributed by atoms with E-state index in [1.165, 1.54) is 0 Å². The molecule has 27 heavy (non-hydrogen) atoms. The maximum absolute atomic E-state index is 8.89. The molecule has 2 aromatic carbocycles. The Balaban J connectivity index is 0.00000210. The van der Waals surface area contributed by atoms with Crippen molar-refractivity contribution in [2.45, 2.75) is 12.5 Å². The Morgan fingerprint density at radius 1 is 1.04 bits per heavy atom. The number of para-hydroxylation sites is 1. The lowest BCUT2D eigenvalue weighted by Crippen LogP contribution is -2.15. The molecular formula is C21H17ClN4O. The normalized spacial score (nSPS) is 11.6. The van der Waals surface area contributed by atoms with Gasteiger partial charge in [0.25, 0.3) is 0 Å². The van der Waals surface area contributed by atoms with Crippen LogP contribution in [0.4, 0.5) is 0 Å². The van der Waals surface area contributed by atoms with Crippen molar-refractivity contribution in [1.82, 2.24) is 10.1 Å². The third kappa shape index (κ3) is 3.68. The molecule has 134 valence electrons. The van der Waals surface area contributed by atoms with Crippen molar-refractivity contribution in [2.24, 2.45) is 5.73 Å². The van der Waals surface area contributed by atoms with E-state index < -0.39 is 0 Å². The summed E-state index contributed by atoms with van der Waals surface area (Å²) in [7, 11) is 0. The van der Waals surface area contributed by atoms with Gasteiger partial charge < -0.3 is 10.3 Å². The minimum atomic E-state index is -0.248. The molecule has 0 bridgehead atoms. The fourth-order valence-corrected chi connectivity index (χ4v) is 3.06. The van der Waals surface area contributed by atoms with Crippen LogP contribution in [0.2, 0.25) is 0 Å². The van der Waals surface area contributed by atoms with Gasteiger partial charge in [-0.1, -0.05) is 41.6 Å². The number of benzene rings is 2. The van der Waals surface area contributed by atoms with Gasteiger partial charge in [-0.15, -0.1) is 12.4 Å². The van der Waals surface area contributed by atoms with E-state index in [0.29, 0.717) is 12.0 Å². The van der Waals surface area contributed by atoms with E-state index in [1.807, 2.05) is 54.6 Å². The number of nitrogens with two attached hydrogens (primary N) is 1. The molecule has 2 heterocycles. The topological polar surface area (TPSA) is 88.7 Å². The Morgan fingerprint density at radius 2 is 1.81 bits per heavy atom. The summed E-state index contributed by atoms with van der Waals surface area (Å²) in [5.41, 5.74) is 11.3. The second-order valence-corrected chi connectivity index (χ2v) is 6.08. The van der Waals surface area contributed by atoms with Gasteiger partial charge in [-0.25, -0.2) is 0 Å². The van der Waals surface area contributed by atoms with Crippen molar-refractivity contribution in [3.8, 4) is 17.3 Å². The lowest BCUT2D eigenvalue weighted by molar-refractivity contribution is 0.459. The molecule has 0 aliphatic rings. The highest BCUT2D eigenvalue weighted by atomic mass is 35.5. The molecule has 0 fully saturated rings. The van der Waals surface area contributed by atoms with Crippen molar-refractivity contribution in [3.05, 3.63) is 83.7 Å². The highest BCUT2D eigenvalue weighted by molar-refractivity contribution is 5.92. The summed E-state index contributed by atoms with van der Waals surface area (Å²) in [6, 6.07) is 21.1. The van der Waals surface area contributed by atoms with Crippen molar-refractivity contribution in [1.29, 1.82) is 5.26 Å². The number of nitrogens with zero attached hydrogens (tertiary/aromatic N) is 3. The molecule has 4 rings (SSSR count). The fraction of sp³-hybridized carbons (Fsp3) is 0.0952.